The molecular formula is C118H141FN10O11. The standard InChI is InChI=1S/C34H43N3O4.C31H38FN3O2.C29H35N3O2.C24H25NO3/c1-33(2,3)30(25-14-16-29(17-15-25)40-23-28-9-7-8-20-35-28)24-10-12-26(13-11-24)31(38)36-27-18-21-37(22-19-27)32(39)41-34(4,5)6;1-31(2,3)29(24-11-13-28(14-12-24)37-22-27-6-4-5-18-33-27)23-7-9-25(10-8-23)30(36)34-26-15-19-35(20-16-26)21-17-32;1-29(2,3)27(22-11-13-26(14-12-22)34-20-25-6-4-5-17-31-25)21-7-9-23(10-8-21)28(33)32-24-15-18-30-19-16-24;1-24(2,3)22(17-7-9-19(10-8-17)23(26)27)18-11-13-21(14-12-18)28-16-20-6-4-5-15-25-20/h7-17,20,27,30H,18-19,21-23H2,1-6H3,(H,36,38);4-14,18,26,29H,15-17,19-22H2,1-3H3,(H,34,36);4-14,17,24,27,30H,15-16,18-20H2,1-3H3,(H,32,33);4-15,22H,16H2,1-3H3,(H,26,27). The zero-order chi connectivity index (χ0) is 100.0. The number of likely N-dealkylation sites (tertiary alicyclic amines) is 2. The molecule has 4 amide bonds. The number of carboxylic acid groups (broad SMARTS) is 1. The van der Waals surface area contributed by atoms with Gasteiger partial charge in [0.15, 0.2) is 0 Å². The Morgan fingerprint density at radius 3 is 0.814 bits per heavy atom. The van der Waals surface area contributed by atoms with Crippen LogP contribution in [0.15, 0.2) is 292 Å². The van der Waals surface area contributed by atoms with Gasteiger partial charge >= 0.3 is 12.1 Å². The maximum atomic E-state index is 13.0. The Morgan fingerprint density at radius 1 is 0.343 bits per heavy atom. The van der Waals surface area contributed by atoms with Gasteiger partial charge < -0.3 is 59.9 Å². The third-order valence-electron chi connectivity index (χ3n) is 25.3. The van der Waals surface area contributed by atoms with Crippen molar-refractivity contribution in [2.45, 2.75) is 216 Å². The van der Waals surface area contributed by atoms with Gasteiger partial charge in [-0.15, -0.1) is 0 Å². The van der Waals surface area contributed by atoms with Gasteiger partial charge in [-0.2, -0.15) is 0 Å². The zero-order valence-corrected chi connectivity index (χ0v) is 84.1. The summed E-state index contributed by atoms with van der Waals surface area (Å²) in [5.41, 5.74) is 14.7. The van der Waals surface area contributed by atoms with Crippen LogP contribution >= 0.6 is 0 Å². The van der Waals surface area contributed by atoms with Gasteiger partial charge in [-0.25, -0.2) is 14.0 Å². The molecule has 7 heterocycles. The number of carbonyl (C=O) groups excluding carboxylic acids is 4. The fourth-order valence-electron chi connectivity index (χ4n) is 18.4. The molecule has 4 atom stereocenters. The van der Waals surface area contributed by atoms with E-state index in [4.69, 9.17) is 28.8 Å². The smallest absolute Gasteiger partial charge is 0.410 e. The Labute approximate surface area is 827 Å². The van der Waals surface area contributed by atoms with E-state index in [1.165, 1.54) is 33.4 Å². The van der Waals surface area contributed by atoms with Gasteiger partial charge in [0.05, 0.1) is 28.3 Å². The van der Waals surface area contributed by atoms with Gasteiger partial charge in [-0.05, 0) is 284 Å². The molecule has 5 N–H and O–H groups in total. The number of alkyl halides is 1. The number of rotatable bonds is 29. The minimum Gasteiger partial charge on any atom is -0.487 e. The van der Waals surface area contributed by atoms with E-state index in [0.717, 1.165) is 109 Å². The van der Waals surface area contributed by atoms with Crippen molar-refractivity contribution in [3.63, 3.8) is 0 Å². The molecule has 3 aliphatic rings. The average Bonchev–Trinajstić information content (AvgIpc) is 0.807. The first-order valence-corrected chi connectivity index (χ1v) is 49.0. The summed E-state index contributed by atoms with van der Waals surface area (Å²) in [6, 6.07) is 87.7. The maximum absolute atomic E-state index is 13.0. The van der Waals surface area contributed by atoms with E-state index >= 15 is 0 Å². The van der Waals surface area contributed by atoms with Crippen LogP contribution in [0.4, 0.5) is 9.18 Å². The number of nitrogens with zero attached hydrogens (tertiary/aromatic N) is 6. The summed E-state index contributed by atoms with van der Waals surface area (Å²) < 4.78 is 41.6. The van der Waals surface area contributed by atoms with Crippen LogP contribution < -0.4 is 40.2 Å². The molecule has 736 valence electrons. The first kappa shape index (κ1) is 105. The molecule has 22 heteroatoms. The number of hydrogen-bond donors (Lipinski definition) is 5. The van der Waals surface area contributed by atoms with E-state index in [2.05, 4.69) is 214 Å². The number of amides is 4. The minimum absolute atomic E-state index is 0.00913. The Kier molecular flexibility index (Phi) is 37.6. The van der Waals surface area contributed by atoms with Crippen LogP contribution in [0.25, 0.3) is 0 Å². The van der Waals surface area contributed by atoms with Gasteiger partial charge in [-0.3, -0.25) is 34.3 Å². The van der Waals surface area contributed by atoms with Crippen LogP contribution in [0.5, 0.6) is 23.0 Å². The summed E-state index contributed by atoms with van der Waals surface area (Å²) in [6.07, 6.45) is 11.9. The zero-order valence-electron chi connectivity index (χ0n) is 84.1. The monoisotopic (exact) mass is 1890 g/mol. The second-order valence-electron chi connectivity index (χ2n) is 41.7. The van der Waals surface area contributed by atoms with Gasteiger partial charge in [0.25, 0.3) is 17.7 Å². The van der Waals surface area contributed by atoms with E-state index < -0.39 is 11.6 Å². The number of ether oxygens (including phenoxy) is 5. The van der Waals surface area contributed by atoms with Crippen LogP contribution in [0.1, 0.15) is 275 Å². The van der Waals surface area contributed by atoms with Crippen molar-refractivity contribution in [1.29, 1.82) is 0 Å². The van der Waals surface area contributed by atoms with E-state index in [1.54, 1.807) is 41.8 Å². The molecule has 4 aromatic heterocycles. The third-order valence-corrected chi connectivity index (χ3v) is 25.3. The van der Waals surface area contributed by atoms with E-state index in [9.17, 15) is 28.4 Å². The van der Waals surface area contributed by atoms with E-state index in [1.807, 2.05) is 191 Å². The molecule has 21 nitrogen and oxygen atoms in total. The Hall–Kier alpha value is -13.4. The third kappa shape index (κ3) is 32.3. The highest BCUT2D eigenvalue weighted by Gasteiger charge is 2.35. The number of benzene rings is 8. The molecule has 4 unspecified atom stereocenters. The fourth-order valence-corrected chi connectivity index (χ4v) is 18.4. The number of carbonyl (C=O) groups is 5. The van der Waals surface area contributed by atoms with Gasteiger partial charge in [0.2, 0.25) is 0 Å². The number of pyridine rings is 4. The number of piperidine rings is 3. The molecule has 12 aromatic rings. The van der Waals surface area contributed by atoms with E-state index in [-0.39, 0.29) is 93.9 Å². The van der Waals surface area contributed by atoms with Gasteiger partial charge in [0.1, 0.15) is 61.7 Å². The molecule has 15 rings (SSSR count). The molecular weight excluding hydrogens is 1750 g/mol. The van der Waals surface area contributed by atoms with Crippen molar-refractivity contribution < 1.29 is 57.2 Å². The van der Waals surface area contributed by atoms with Crippen molar-refractivity contribution in [2.24, 2.45) is 21.7 Å². The molecule has 0 radical (unpaired) electrons. The largest absolute Gasteiger partial charge is 0.487 e. The summed E-state index contributed by atoms with van der Waals surface area (Å²) in [5, 5.41) is 22.0. The highest BCUT2D eigenvalue weighted by atomic mass is 19.1. The first-order chi connectivity index (χ1) is 67.0. The molecule has 3 saturated heterocycles. The SMILES string of the molecule is CC(C)(C)C(c1ccc(OCc2ccccn2)cc1)c1ccc(C(=O)NC2CCN(CCF)CC2)cc1.CC(C)(C)C(c1ccc(OCc2ccccn2)cc1)c1ccc(C(=O)NC2CCNCC2)cc1.CC(C)(C)C(c1ccc(OCc2ccccn2)cc1)c1ccc(C(=O)O)cc1.CC(C)(C)OC(=O)N1CCC(NC(=O)c2ccc(C(c3ccc(OCc4ccccn4)cc3)C(C)(C)C)cc2)CC1. The van der Waals surface area contributed by atoms with Crippen LogP contribution in [0, 0.1) is 21.7 Å². The predicted octanol–water partition coefficient (Wildman–Crippen LogP) is 23.8. The Bertz CT molecular complexity index is 5820. The highest BCUT2D eigenvalue weighted by Crippen LogP contribution is 2.46. The molecule has 8 aromatic carbocycles. The van der Waals surface area contributed by atoms with Crippen molar-refractivity contribution in [3.05, 3.63) is 381 Å². The summed E-state index contributed by atoms with van der Waals surface area (Å²) in [6.45, 7) is 38.9. The topological polar surface area (TPSA) is 258 Å². The normalized spacial score (nSPS) is 14.9. The molecule has 3 fully saturated rings. The van der Waals surface area contributed by atoms with Crippen LogP contribution in [-0.2, 0) is 31.2 Å². The average molecular weight is 1890 g/mol. The lowest BCUT2D eigenvalue weighted by molar-refractivity contribution is 0.0199. The lowest BCUT2D eigenvalue weighted by Gasteiger charge is -2.33. The van der Waals surface area contributed by atoms with Crippen LogP contribution in [0.3, 0.4) is 0 Å². The molecule has 0 aliphatic carbocycles. The molecule has 140 heavy (non-hydrogen) atoms. The summed E-state index contributed by atoms with van der Waals surface area (Å²) in [7, 11) is 0. The van der Waals surface area contributed by atoms with Crippen molar-refractivity contribution >= 4 is 29.8 Å². The lowest BCUT2D eigenvalue weighted by atomic mass is 9.72. The number of aromatic carboxylic acids is 1. The Balaban J connectivity index is 0.000000168. The van der Waals surface area contributed by atoms with E-state index in [0.29, 0.717) is 81.2 Å². The Morgan fingerprint density at radius 2 is 0.586 bits per heavy atom. The molecule has 0 saturated carbocycles. The molecule has 0 spiro atoms. The van der Waals surface area contributed by atoms with Crippen molar-refractivity contribution in [1.82, 2.24) is 51.0 Å². The van der Waals surface area contributed by atoms with Gasteiger partial charge in [0, 0.05) is 116 Å². The molecule has 0 bridgehead atoms. The second-order valence-corrected chi connectivity index (χ2v) is 41.7. The number of halogens is 1. The summed E-state index contributed by atoms with van der Waals surface area (Å²) in [4.78, 5) is 83.1. The van der Waals surface area contributed by atoms with Crippen LogP contribution in [0.2, 0.25) is 0 Å². The number of aromatic nitrogens is 4. The fraction of sp³-hybridized carbons (Fsp3) is 0.381. The number of carboxylic acids is 1. The first-order valence-electron chi connectivity index (χ1n) is 49.0. The highest BCUT2D eigenvalue weighted by molar-refractivity contribution is 5.96. The number of hydrogen-bond acceptors (Lipinski definition) is 16. The summed E-state index contributed by atoms with van der Waals surface area (Å²) >= 11 is 0. The lowest BCUT2D eigenvalue weighted by Crippen LogP contribution is -2.47. The van der Waals surface area contributed by atoms with Crippen molar-refractivity contribution in [3.8, 4) is 23.0 Å². The summed E-state index contributed by atoms with van der Waals surface area (Å²) in [5.74, 6) is 2.84. The number of nitrogens with one attached hydrogen (secondary N) is 4. The van der Waals surface area contributed by atoms with Gasteiger partial charge in [-0.1, -0.05) is 204 Å². The van der Waals surface area contributed by atoms with Crippen LogP contribution in [-0.4, -0.2) is 141 Å². The second kappa shape index (κ2) is 49.9. The quantitative estimate of drug-likeness (QED) is 0.0292. The predicted molar refractivity (Wildman–Crippen MR) is 553 cm³/mol. The molecule has 3 aliphatic heterocycles. The minimum atomic E-state index is -0.909. The van der Waals surface area contributed by atoms with Crippen molar-refractivity contribution in [2.75, 3.05) is 52.5 Å². The maximum Gasteiger partial charge on any atom is 0.410 e.